The minimum absolute atomic E-state index is 0.0670. The molecule has 5 heteroatoms. The molecule has 1 aromatic carbocycles. The summed E-state index contributed by atoms with van der Waals surface area (Å²) < 4.78 is 23.6. The van der Waals surface area contributed by atoms with E-state index in [-0.39, 0.29) is 17.1 Å². The van der Waals surface area contributed by atoms with Gasteiger partial charge in [0, 0.05) is 25.3 Å². The van der Waals surface area contributed by atoms with Gasteiger partial charge in [0.15, 0.2) is 0 Å². The van der Waals surface area contributed by atoms with E-state index < -0.39 is 7.60 Å². The molecule has 29 heavy (non-hydrogen) atoms. The van der Waals surface area contributed by atoms with E-state index in [1.165, 1.54) is 38.6 Å². The predicted octanol–water partition coefficient (Wildman–Crippen LogP) is 7.70. The van der Waals surface area contributed by atoms with Crippen molar-refractivity contribution in [3.63, 3.8) is 0 Å². The fourth-order valence-electron chi connectivity index (χ4n) is 4.14. The van der Waals surface area contributed by atoms with Crippen LogP contribution in [0.4, 0.5) is 0 Å². The van der Waals surface area contributed by atoms with Crippen LogP contribution in [0.2, 0.25) is 0 Å². The molecule has 0 saturated heterocycles. The maximum Gasteiger partial charge on any atom is 0.375 e. The van der Waals surface area contributed by atoms with Crippen molar-refractivity contribution in [2.24, 2.45) is 0 Å². The van der Waals surface area contributed by atoms with Gasteiger partial charge in [0.2, 0.25) is 0 Å². The fraction of sp³-hybridized carbons (Fsp3) is 0.667. The van der Waals surface area contributed by atoms with Gasteiger partial charge in [0.05, 0.1) is 0 Å². The average Bonchev–Trinajstić information content (AvgIpc) is 2.64. The zero-order valence-corrected chi connectivity index (χ0v) is 20.0. The Bertz CT molecular complexity index is 766. The number of allylic oxidation sites excluding steroid dienone is 2. The molecule has 0 spiro atoms. The smallest absolute Gasteiger partial charge is 0.375 e. The van der Waals surface area contributed by atoms with Gasteiger partial charge in [-0.05, 0) is 55.7 Å². The predicted molar refractivity (Wildman–Crippen MR) is 121 cm³/mol. The van der Waals surface area contributed by atoms with E-state index >= 15 is 0 Å². The third-order valence-corrected chi connectivity index (χ3v) is 7.29. The Balaban J connectivity index is 2.44. The first-order valence-corrected chi connectivity index (χ1v) is 13.0. The molecule has 0 amide bonds. The maximum atomic E-state index is 12.6. The summed E-state index contributed by atoms with van der Waals surface area (Å²) >= 11 is 0. The molecule has 0 heterocycles. The van der Waals surface area contributed by atoms with Gasteiger partial charge in [-0.15, -0.1) is 0 Å². The van der Waals surface area contributed by atoms with Crippen molar-refractivity contribution in [3.05, 3.63) is 34.9 Å². The molecule has 0 saturated carbocycles. The van der Waals surface area contributed by atoms with Gasteiger partial charge in [-0.2, -0.15) is 0 Å². The second-order valence-corrected chi connectivity index (χ2v) is 11.2. The van der Waals surface area contributed by atoms with E-state index in [2.05, 4.69) is 33.8 Å². The van der Waals surface area contributed by atoms with Crippen LogP contribution in [0.15, 0.2) is 23.8 Å². The topological polar surface area (TPSA) is 55.8 Å². The van der Waals surface area contributed by atoms with Crippen molar-refractivity contribution >= 4 is 7.60 Å². The maximum absolute atomic E-state index is 12.6. The van der Waals surface area contributed by atoms with Crippen LogP contribution in [-0.4, -0.2) is 18.9 Å². The zero-order valence-electron chi connectivity index (χ0n) is 19.1. The number of phenols is 1. The highest BCUT2D eigenvalue weighted by molar-refractivity contribution is 7.53. The highest BCUT2D eigenvalue weighted by Gasteiger charge is 2.29. The van der Waals surface area contributed by atoms with E-state index in [0.717, 1.165) is 43.2 Å². The molecule has 1 aliphatic rings. The molecule has 0 aliphatic heterocycles. The minimum Gasteiger partial charge on any atom is -0.507 e. The number of benzene rings is 1. The van der Waals surface area contributed by atoms with Crippen LogP contribution in [0.5, 0.6) is 11.5 Å². The van der Waals surface area contributed by atoms with Gasteiger partial charge in [0.1, 0.15) is 11.5 Å². The van der Waals surface area contributed by atoms with Crippen molar-refractivity contribution < 1.29 is 18.7 Å². The molecule has 0 fully saturated rings. The molecule has 0 radical (unpaired) electrons. The first kappa shape index (κ1) is 24.0. The van der Waals surface area contributed by atoms with E-state index in [1.807, 2.05) is 12.1 Å². The lowest BCUT2D eigenvalue weighted by molar-refractivity contribution is 0.325. The van der Waals surface area contributed by atoms with Gasteiger partial charge < -0.3 is 14.2 Å². The average molecular weight is 423 g/mol. The highest BCUT2D eigenvalue weighted by atomic mass is 31.2. The Morgan fingerprint density at radius 3 is 2.59 bits per heavy atom. The lowest BCUT2D eigenvalue weighted by Gasteiger charge is -2.29. The molecule has 0 aromatic heterocycles. The Hall–Kier alpha value is -1.25. The van der Waals surface area contributed by atoms with Crippen molar-refractivity contribution in [2.75, 3.05) is 13.8 Å². The Labute approximate surface area is 177 Å². The molecule has 2 atom stereocenters. The van der Waals surface area contributed by atoms with E-state index in [4.69, 9.17) is 9.05 Å². The molecule has 2 rings (SSSR count). The summed E-state index contributed by atoms with van der Waals surface area (Å²) in [5.74, 6) is 0.786. The molecular formula is C24H39O4P. The van der Waals surface area contributed by atoms with E-state index in [0.29, 0.717) is 5.75 Å². The molecule has 2 unspecified atom stereocenters. The summed E-state index contributed by atoms with van der Waals surface area (Å²) in [5.41, 5.74) is 2.95. The third kappa shape index (κ3) is 6.62. The van der Waals surface area contributed by atoms with Crippen LogP contribution in [0, 0.1) is 0 Å². The molecule has 1 aromatic rings. The van der Waals surface area contributed by atoms with E-state index in [9.17, 15) is 9.67 Å². The molecule has 4 nitrogen and oxygen atoms in total. The second-order valence-electron chi connectivity index (χ2n) is 9.16. The summed E-state index contributed by atoms with van der Waals surface area (Å²) in [4.78, 5) is 0. The number of aromatic hydroxyl groups is 1. The van der Waals surface area contributed by atoms with Crippen LogP contribution in [0.1, 0.15) is 96.1 Å². The summed E-state index contributed by atoms with van der Waals surface area (Å²) in [7, 11) is -1.85. The van der Waals surface area contributed by atoms with Gasteiger partial charge >= 0.3 is 7.60 Å². The summed E-state index contributed by atoms with van der Waals surface area (Å²) in [6, 6.07) is 3.86. The van der Waals surface area contributed by atoms with Crippen LogP contribution < -0.4 is 4.52 Å². The number of phenolic OH excluding ortho intramolecular Hbond substituents is 1. The zero-order chi connectivity index (χ0) is 21.7. The van der Waals surface area contributed by atoms with Crippen LogP contribution >= 0.6 is 7.60 Å². The van der Waals surface area contributed by atoms with Crippen molar-refractivity contribution in [1.82, 2.24) is 0 Å². The summed E-state index contributed by atoms with van der Waals surface area (Å²) in [6.07, 6.45) is 11.2. The van der Waals surface area contributed by atoms with Gasteiger partial charge in [-0.3, -0.25) is 0 Å². The largest absolute Gasteiger partial charge is 0.507 e. The van der Waals surface area contributed by atoms with Crippen molar-refractivity contribution in [2.45, 2.75) is 90.4 Å². The number of rotatable bonds is 10. The monoisotopic (exact) mass is 422 g/mol. The molecule has 1 N–H and O–H groups in total. The summed E-state index contributed by atoms with van der Waals surface area (Å²) in [5, 5.41) is 11.0. The second kappa shape index (κ2) is 10.2. The standard InChI is InChI=1S/C24H39O4P/c1-7-8-9-10-14-24(3,4)20-16-21(25)23(19-13-11-12-18(2)15-19)22(17-20)28-29(6,26)27-5/h15-17,19,25H,7-14H2,1-6H3. The van der Waals surface area contributed by atoms with Gasteiger partial charge in [-0.1, -0.05) is 58.1 Å². The van der Waals surface area contributed by atoms with Crippen LogP contribution in [0.3, 0.4) is 0 Å². The fourth-order valence-corrected chi connectivity index (χ4v) is 4.73. The van der Waals surface area contributed by atoms with Gasteiger partial charge in [0.25, 0.3) is 0 Å². The van der Waals surface area contributed by atoms with Crippen molar-refractivity contribution in [3.8, 4) is 11.5 Å². The number of hydrogen-bond acceptors (Lipinski definition) is 4. The first-order valence-electron chi connectivity index (χ1n) is 11.0. The normalized spacial score (nSPS) is 19.5. The van der Waals surface area contributed by atoms with Crippen LogP contribution in [0.25, 0.3) is 0 Å². The van der Waals surface area contributed by atoms with E-state index in [1.54, 1.807) is 0 Å². The third-order valence-electron chi connectivity index (χ3n) is 6.10. The lowest BCUT2D eigenvalue weighted by atomic mass is 9.78. The quantitative estimate of drug-likeness (QED) is 0.238. The van der Waals surface area contributed by atoms with Gasteiger partial charge in [-0.25, -0.2) is 4.57 Å². The molecular weight excluding hydrogens is 383 g/mol. The SMILES string of the molecule is CCCCCCC(C)(C)c1cc(O)c(C2C=C(C)CCC2)c(OP(C)(=O)OC)c1. The molecule has 1 aliphatic carbocycles. The van der Waals surface area contributed by atoms with Crippen molar-refractivity contribution in [1.29, 1.82) is 0 Å². The number of hydrogen-bond donors (Lipinski definition) is 1. The Morgan fingerprint density at radius 2 is 1.97 bits per heavy atom. The number of unbranched alkanes of at least 4 members (excludes halogenated alkanes) is 3. The minimum atomic E-state index is -3.24. The highest BCUT2D eigenvalue weighted by Crippen LogP contribution is 2.50. The Morgan fingerprint density at radius 1 is 1.24 bits per heavy atom. The first-order chi connectivity index (χ1) is 13.6. The van der Waals surface area contributed by atoms with Crippen LogP contribution in [-0.2, 0) is 14.5 Å². The molecule has 164 valence electrons. The lowest BCUT2D eigenvalue weighted by Crippen LogP contribution is -2.18. The summed E-state index contributed by atoms with van der Waals surface area (Å²) in [6.45, 7) is 10.2. The Kier molecular flexibility index (Phi) is 8.43. The molecule has 0 bridgehead atoms.